The molecule has 1 aromatic rings. The summed E-state index contributed by atoms with van der Waals surface area (Å²) in [6, 6.07) is 6.62. The number of fused-ring (bicyclic) bond motifs is 1. The highest BCUT2D eigenvalue weighted by Gasteiger charge is 2.37. The summed E-state index contributed by atoms with van der Waals surface area (Å²) in [7, 11) is 0. The predicted octanol–water partition coefficient (Wildman–Crippen LogP) is 3.69. The number of amides is 2. The third-order valence-electron chi connectivity index (χ3n) is 5.57. The minimum Gasteiger partial charge on any atom is -0.398 e. The Hall–Kier alpha value is -1.71. The van der Waals surface area contributed by atoms with E-state index in [-0.39, 0.29) is 17.5 Å². The summed E-state index contributed by atoms with van der Waals surface area (Å²) in [5, 5.41) is 0. The number of anilines is 1. The fourth-order valence-electron chi connectivity index (χ4n) is 4.13. The topological polar surface area (TPSA) is 49.6 Å². The second-order valence-corrected chi connectivity index (χ2v) is 8.34. The van der Waals surface area contributed by atoms with Gasteiger partial charge in [0.15, 0.2) is 0 Å². The van der Waals surface area contributed by atoms with Crippen molar-refractivity contribution in [2.75, 3.05) is 25.4 Å². The molecule has 0 bridgehead atoms. The molecule has 1 fully saturated rings. The third kappa shape index (κ3) is 3.38. The summed E-state index contributed by atoms with van der Waals surface area (Å²) in [5.41, 5.74) is 9.67. The Kier molecular flexibility index (Phi) is 4.75. The first-order valence-electron chi connectivity index (χ1n) is 9.29. The van der Waals surface area contributed by atoms with Gasteiger partial charge >= 0.3 is 6.03 Å². The van der Waals surface area contributed by atoms with Crippen molar-refractivity contribution in [1.82, 2.24) is 9.80 Å². The number of carbonyl (C=O) groups excluding carboxylic acids is 1. The van der Waals surface area contributed by atoms with Crippen LogP contribution in [0.25, 0.3) is 0 Å². The molecule has 2 N–H and O–H groups in total. The van der Waals surface area contributed by atoms with Crippen LogP contribution in [0.1, 0.15) is 51.2 Å². The van der Waals surface area contributed by atoms with Crippen LogP contribution in [-0.2, 0) is 12.8 Å². The van der Waals surface area contributed by atoms with Crippen LogP contribution in [0.3, 0.4) is 0 Å². The molecule has 0 spiro atoms. The Morgan fingerprint density at radius 2 is 1.83 bits per heavy atom. The van der Waals surface area contributed by atoms with Gasteiger partial charge in [-0.25, -0.2) is 4.79 Å². The van der Waals surface area contributed by atoms with Crippen molar-refractivity contribution in [2.24, 2.45) is 5.41 Å². The molecule has 1 saturated heterocycles. The zero-order valence-electron chi connectivity index (χ0n) is 15.3. The summed E-state index contributed by atoms with van der Waals surface area (Å²) in [5.74, 6) is 0. The molecule has 1 unspecified atom stereocenters. The fraction of sp³-hybridized carbons (Fsp3) is 0.650. The van der Waals surface area contributed by atoms with Crippen molar-refractivity contribution in [3.05, 3.63) is 29.3 Å². The minimum atomic E-state index is 0.0393. The van der Waals surface area contributed by atoms with E-state index in [9.17, 15) is 4.79 Å². The van der Waals surface area contributed by atoms with Crippen molar-refractivity contribution in [3.8, 4) is 0 Å². The van der Waals surface area contributed by atoms with E-state index >= 15 is 0 Å². The molecule has 2 heterocycles. The molecule has 3 rings (SSSR count). The molecule has 2 aliphatic rings. The molecule has 1 aromatic carbocycles. The zero-order chi connectivity index (χ0) is 17.3. The van der Waals surface area contributed by atoms with Gasteiger partial charge in [-0.2, -0.15) is 0 Å². The summed E-state index contributed by atoms with van der Waals surface area (Å²) in [6.45, 7) is 9.30. The van der Waals surface area contributed by atoms with E-state index in [1.807, 2.05) is 12.1 Å². The number of nitrogens with two attached hydrogens (primary N) is 1. The van der Waals surface area contributed by atoms with E-state index in [0.717, 1.165) is 51.0 Å². The van der Waals surface area contributed by atoms with E-state index in [1.54, 1.807) is 0 Å². The smallest absolute Gasteiger partial charge is 0.320 e. The van der Waals surface area contributed by atoms with Gasteiger partial charge in [-0.3, -0.25) is 0 Å². The van der Waals surface area contributed by atoms with Crippen LogP contribution in [0, 0.1) is 5.41 Å². The molecule has 4 heteroatoms. The van der Waals surface area contributed by atoms with Gasteiger partial charge in [0.1, 0.15) is 0 Å². The van der Waals surface area contributed by atoms with Crippen LogP contribution in [0.15, 0.2) is 18.2 Å². The number of rotatable bonds is 0. The number of hydrogen-bond acceptors (Lipinski definition) is 2. The van der Waals surface area contributed by atoms with Crippen LogP contribution in [-0.4, -0.2) is 41.5 Å². The lowest BCUT2D eigenvalue weighted by molar-refractivity contribution is 0.0884. The lowest BCUT2D eigenvalue weighted by Gasteiger charge is -2.42. The van der Waals surface area contributed by atoms with Gasteiger partial charge in [-0.1, -0.05) is 32.9 Å². The van der Waals surface area contributed by atoms with Crippen molar-refractivity contribution in [2.45, 2.75) is 58.9 Å². The van der Waals surface area contributed by atoms with E-state index in [1.165, 1.54) is 17.5 Å². The number of urea groups is 1. The van der Waals surface area contributed by atoms with Gasteiger partial charge < -0.3 is 15.5 Å². The maximum atomic E-state index is 13.2. The van der Waals surface area contributed by atoms with Crippen LogP contribution in [0.2, 0.25) is 0 Å². The van der Waals surface area contributed by atoms with Crippen molar-refractivity contribution in [3.63, 3.8) is 0 Å². The minimum absolute atomic E-state index is 0.0393. The Morgan fingerprint density at radius 3 is 2.50 bits per heavy atom. The number of nitrogens with zero attached hydrogens (tertiary/aromatic N) is 2. The largest absolute Gasteiger partial charge is 0.398 e. The van der Waals surface area contributed by atoms with Gasteiger partial charge in [0, 0.05) is 31.4 Å². The molecule has 1 atom stereocenters. The first kappa shape index (κ1) is 17.1. The second-order valence-electron chi connectivity index (χ2n) is 8.34. The van der Waals surface area contributed by atoms with Gasteiger partial charge in [0.05, 0.1) is 0 Å². The van der Waals surface area contributed by atoms with Crippen LogP contribution >= 0.6 is 0 Å². The highest BCUT2D eigenvalue weighted by atomic mass is 16.2. The molecule has 0 radical (unpaired) electrons. The highest BCUT2D eigenvalue weighted by Crippen LogP contribution is 2.33. The molecule has 2 amide bonds. The normalized spacial score (nSPS) is 22.0. The number of piperidine rings is 1. The van der Waals surface area contributed by atoms with Gasteiger partial charge in [-0.15, -0.1) is 0 Å². The van der Waals surface area contributed by atoms with E-state index in [2.05, 4.69) is 36.6 Å². The summed E-state index contributed by atoms with van der Waals surface area (Å²) < 4.78 is 0. The monoisotopic (exact) mass is 329 g/mol. The van der Waals surface area contributed by atoms with E-state index < -0.39 is 0 Å². The quantitative estimate of drug-likeness (QED) is 0.738. The molecule has 0 aliphatic carbocycles. The van der Waals surface area contributed by atoms with E-state index in [4.69, 9.17) is 5.73 Å². The fourth-order valence-corrected chi connectivity index (χ4v) is 4.13. The van der Waals surface area contributed by atoms with Crippen molar-refractivity contribution < 1.29 is 4.79 Å². The number of carbonyl (C=O) groups is 1. The Balaban J connectivity index is 1.90. The molecule has 0 aromatic heterocycles. The van der Waals surface area contributed by atoms with Crippen LogP contribution in [0.5, 0.6) is 0 Å². The number of likely N-dealkylation sites (tertiary alicyclic amines) is 1. The number of benzene rings is 1. The number of nitrogen functional groups attached to an aromatic ring is 1. The molecule has 2 aliphatic heterocycles. The first-order valence-corrected chi connectivity index (χ1v) is 9.29. The number of hydrogen-bond donors (Lipinski definition) is 1. The molecule has 4 nitrogen and oxygen atoms in total. The summed E-state index contributed by atoms with van der Waals surface area (Å²) >= 11 is 0. The SMILES string of the molecule is CC(C)(C)C1Cc2cccc(N)c2CCN1C(=O)N1CCCCC1. The first-order chi connectivity index (χ1) is 11.4. The van der Waals surface area contributed by atoms with Gasteiger partial charge in [-0.05, 0) is 54.7 Å². The van der Waals surface area contributed by atoms with Gasteiger partial charge in [0.2, 0.25) is 0 Å². The molecule has 0 saturated carbocycles. The Labute approximate surface area is 146 Å². The predicted molar refractivity (Wildman–Crippen MR) is 99.0 cm³/mol. The van der Waals surface area contributed by atoms with Crippen molar-refractivity contribution in [1.29, 1.82) is 0 Å². The third-order valence-corrected chi connectivity index (χ3v) is 5.57. The van der Waals surface area contributed by atoms with Crippen LogP contribution < -0.4 is 5.73 Å². The summed E-state index contributed by atoms with van der Waals surface area (Å²) in [6.07, 6.45) is 5.26. The van der Waals surface area contributed by atoms with Crippen molar-refractivity contribution >= 4 is 11.7 Å². The molecule has 132 valence electrons. The Bertz CT molecular complexity index is 599. The molecular weight excluding hydrogens is 298 g/mol. The average molecular weight is 329 g/mol. The molecular formula is C20H31N3O. The molecule has 24 heavy (non-hydrogen) atoms. The maximum Gasteiger partial charge on any atom is 0.320 e. The lowest BCUT2D eigenvalue weighted by atomic mass is 9.82. The average Bonchev–Trinajstić information content (AvgIpc) is 2.75. The lowest BCUT2D eigenvalue weighted by Crippen LogP contribution is -2.54. The highest BCUT2D eigenvalue weighted by molar-refractivity contribution is 5.75. The second kappa shape index (κ2) is 6.66. The maximum absolute atomic E-state index is 13.2. The summed E-state index contributed by atoms with van der Waals surface area (Å²) in [4.78, 5) is 17.4. The van der Waals surface area contributed by atoms with Crippen LogP contribution in [0.4, 0.5) is 10.5 Å². The van der Waals surface area contributed by atoms with E-state index in [0.29, 0.717) is 0 Å². The standard InChI is InChI=1S/C20H31N3O/c1-20(2,3)18-14-15-8-7-9-17(21)16(15)10-13-23(18)19(24)22-11-5-4-6-12-22/h7-9,18H,4-6,10-14,21H2,1-3H3. The Morgan fingerprint density at radius 1 is 1.12 bits per heavy atom. The van der Waals surface area contributed by atoms with Gasteiger partial charge in [0.25, 0.3) is 0 Å². The zero-order valence-corrected chi connectivity index (χ0v) is 15.3.